The Labute approximate surface area is 265 Å². The lowest BCUT2D eigenvalue weighted by Crippen LogP contribution is -2.40. The topological polar surface area (TPSA) is 139 Å². The second kappa shape index (κ2) is 13.9. The van der Waals surface area contributed by atoms with Gasteiger partial charge in [-0.15, -0.1) is 0 Å². The van der Waals surface area contributed by atoms with Crippen LogP contribution in [0.3, 0.4) is 0 Å². The van der Waals surface area contributed by atoms with Crippen LogP contribution in [0.4, 0.5) is 4.79 Å². The number of nitrogens with two attached hydrogens (primary N) is 2. The first-order valence-electron chi connectivity index (χ1n) is 15.6. The molecule has 11 heteroatoms. The maximum Gasteiger partial charge on any atom is 0.419 e. The zero-order valence-electron chi connectivity index (χ0n) is 27.0. The molecule has 3 heterocycles. The predicted molar refractivity (Wildman–Crippen MR) is 175 cm³/mol. The summed E-state index contributed by atoms with van der Waals surface area (Å²) >= 11 is 0. The largest absolute Gasteiger partial charge is 0.496 e. The van der Waals surface area contributed by atoms with Crippen molar-refractivity contribution in [2.75, 3.05) is 26.9 Å². The fourth-order valence-electron chi connectivity index (χ4n) is 6.26. The van der Waals surface area contributed by atoms with Crippen molar-refractivity contribution >= 4 is 22.8 Å². The van der Waals surface area contributed by atoms with Crippen molar-refractivity contribution in [1.82, 2.24) is 14.9 Å². The Balaban J connectivity index is 1.57. The van der Waals surface area contributed by atoms with E-state index < -0.39 is 11.7 Å². The first kappa shape index (κ1) is 32.3. The van der Waals surface area contributed by atoms with Gasteiger partial charge in [0, 0.05) is 47.4 Å². The average Bonchev–Trinajstić information content (AvgIpc) is 3.46. The molecule has 3 aromatic rings. The number of piperidine rings is 1. The third kappa shape index (κ3) is 7.27. The molecule has 242 valence electrons. The fourth-order valence-corrected chi connectivity index (χ4v) is 6.26. The average molecular weight is 619 g/mol. The van der Waals surface area contributed by atoms with Gasteiger partial charge in [-0.1, -0.05) is 24.3 Å². The molecule has 0 saturated carbocycles. The number of fused-ring (bicyclic) bond motifs is 5. The minimum absolute atomic E-state index is 0.0179. The molecule has 2 bridgehead atoms. The molecular formula is C34H46N6O5. The molecule has 0 amide bonds. The molecule has 1 aromatic heterocycles. The van der Waals surface area contributed by atoms with E-state index in [2.05, 4.69) is 33.6 Å². The van der Waals surface area contributed by atoms with Crippen LogP contribution in [0.2, 0.25) is 0 Å². The van der Waals surface area contributed by atoms with Gasteiger partial charge in [0.05, 0.1) is 31.9 Å². The summed E-state index contributed by atoms with van der Waals surface area (Å²) in [5, 5.41) is 4.75. The van der Waals surface area contributed by atoms with Crippen molar-refractivity contribution < 1.29 is 23.7 Å². The summed E-state index contributed by atoms with van der Waals surface area (Å²) in [6, 6.07) is 9.95. The van der Waals surface area contributed by atoms with Gasteiger partial charge >= 0.3 is 6.09 Å². The number of carbonyl (C=O) groups is 1. The number of aryl methyl sites for hydroxylation is 1. The summed E-state index contributed by atoms with van der Waals surface area (Å²) in [6.07, 6.45) is 9.17. The van der Waals surface area contributed by atoms with Crippen LogP contribution < -0.4 is 26.6 Å². The molecule has 0 spiro atoms. The number of methoxy groups -OCH3 is 1. The molecule has 45 heavy (non-hydrogen) atoms. The second-order valence-electron chi connectivity index (χ2n) is 12.6. The SMILES string of the molecule is COc1cc(C)c2c(ccn2C(=O)OC(C)(C)C)c1CN1CCC2C[C@H]1c1ccc(/C(=N/N)NN)cc1OCCC/C=C\CO2. The molecule has 1 saturated heterocycles. The molecule has 0 radical (unpaired) electrons. The number of hydrogen-bond acceptors (Lipinski definition) is 9. The predicted octanol–water partition coefficient (Wildman–Crippen LogP) is 5.28. The van der Waals surface area contributed by atoms with Crippen molar-refractivity contribution in [1.29, 1.82) is 0 Å². The van der Waals surface area contributed by atoms with E-state index in [-0.39, 0.29) is 12.1 Å². The van der Waals surface area contributed by atoms with Gasteiger partial charge in [0.15, 0.2) is 5.84 Å². The van der Waals surface area contributed by atoms with Crippen LogP contribution in [0, 0.1) is 6.92 Å². The summed E-state index contributed by atoms with van der Waals surface area (Å²) in [7, 11) is 1.69. The van der Waals surface area contributed by atoms with Crippen molar-refractivity contribution in [2.45, 2.75) is 77.7 Å². The zero-order chi connectivity index (χ0) is 32.1. The van der Waals surface area contributed by atoms with Crippen LogP contribution in [-0.4, -0.2) is 60.0 Å². The summed E-state index contributed by atoms with van der Waals surface area (Å²) in [5.74, 6) is 13.2. The van der Waals surface area contributed by atoms with Crippen LogP contribution in [-0.2, 0) is 16.0 Å². The molecule has 5 rings (SSSR count). The minimum atomic E-state index is -0.613. The maximum atomic E-state index is 13.2. The van der Waals surface area contributed by atoms with E-state index in [4.69, 9.17) is 30.6 Å². The van der Waals surface area contributed by atoms with Gasteiger partial charge in [0.25, 0.3) is 0 Å². The number of nitrogens with zero attached hydrogens (tertiary/aromatic N) is 3. The number of aromatic nitrogens is 1. The van der Waals surface area contributed by atoms with Crippen molar-refractivity contribution in [3.05, 3.63) is 70.9 Å². The Hall–Kier alpha value is -4.06. The van der Waals surface area contributed by atoms with E-state index in [1.54, 1.807) is 17.9 Å². The lowest BCUT2D eigenvalue weighted by atomic mass is 9.90. The second-order valence-corrected chi connectivity index (χ2v) is 12.6. The minimum Gasteiger partial charge on any atom is -0.496 e. The number of ether oxygens (including phenoxy) is 4. The lowest BCUT2D eigenvalue weighted by Gasteiger charge is -2.40. The number of amidine groups is 1. The molecule has 2 aromatic carbocycles. The zero-order valence-corrected chi connectivity index (χ0v) is 27.0. The van der Waals surface area contributed by atoms with Crippen LogP contribution >= 0.6 is 0 Å². The van der Waals surface area contributed by atoms with E-state index in [1.165, 1.54) is 0 Å². The van der Waals surface area contributed by atoms with Gasteiger partial charge in [0.1, 0.15) is 17.1 Å². The normalized spacial score (nSPS) is 20.6. The van der Waals surface area contributed by atoms with Gasteiger partial charge < -0.3 is 30.2 Å². The molecule has 11 nitrogen and oxygen atoms in total. The van der Waals surface area contributed by atoms with E-state index in [0.29, 0.717) is 25.6 Å². The molecule has 1 fully saturated rings. The Morgan fingerprint density at radius 3 is 2.76 bits per heavy atom. The smallest absolute Gasteiger partial charge is 0.419 e. The van der Waals surface area contributed by atoms with Gasteiger partial charge in [-0.2, -0.15) is 5.10 Å². The number of nitrogens with one attached hydrogen (secondary N) is 1. The highest BCUT2D eigenvalue weighted by molar-refractivity contribution is 5.98. The Kier molecular flexibility index (Phi) is 10.0. The van der Waals surface area contributed by atoms with Crippen molar-refractivity contribution in [3.8, 4) is 11.5 Å². The molecule has 1 unspecified atom stereocenters. The number of likely N-dealkylation sites (tertiary alicyclic amines) is 1. The number of allylic oxidation sites excluding steroid dienone is 1. The van der Waals surface area contributed by atoms with Gasteiger partial charge in [-0.25, -0.2) is 10.6 Å². The first-order valence-corrected chi connectivity index (χ1v) is 15.6. The Bertz CT molecular complexity index is 1570. The van der Waals surface area contributed by atoms with Gasteiger partial charge in [-0.3, -0.25) is 9.47 Å². The summed E-state index contributed by atoms with van der Waals surface area (Å²) < 4.78 is 26.0. The summed E-state index contributed by atoms with van der Waals surface area (Å²) in [5.41, 5.74) is 6.51. The molecular weight excluding hydrogens is 572 g/mol. The van der Waals surface area contributed by atoms with Crippen LogP contribution in [0.15, 0.2) is 53.8 Å². The van der Waals surface area contributed by atoms with Crippen molar-refractivity contribution in [2.24, 2.45) is 16.8 Å². The fraction of sp³-hybridized carbons (Fsp3) is 0.471. The number of hydrogen-bond donors (Lipinski definition) is 3. The standard InChI is InChI=1S/C34H46N6O5/c1-22-18-29(42-5)27(25-13-15-40(31(22)25)33(41)45-34(2,3)4)21-39-14-12-24-20-28(39)26-11-10-23(32(37-35)38-36)19-30(26)44-17-9-7-6-8-16-43-24/h6,8,10-11,13,15,18-19,24,28H,7,9,12,14,16-17,20-21,35-36H2,1-5H3,(H,37,38)/b8-6-/t24?,28-/m0/s1. The first-order chi connectivity index (χ1) is 21.6. The van der Waals surface area contributed by atoms with Crippen LogP contribution in [0.5, 0.6) is 11.5 Å². The van der Waals surface area contributed by atoms with E-state index >= 15 is 0 Å². The number of carbonyl (C=O) groups excluding carboxylic acids is 1. The maximum absolute atomic E-state index is 13.2. The lowest BCUT2D eigenvalue weighted by molar-refractivity contribution is -0.00830. The quantitative estimate of drug-likeness (QED) is 0.117. The number of hydrazine groups is 1. The van der Waals surface area contributed by atoms with Gasteiger partial charge in [-0.05, 0) is 77.1 Å². The highest BCUT2D eigenvalue weighted by Crippen LogP contribution is 2.41. The van der Waals surface area contributed by atoms with E-state index in [9.17, 15) is 4.79 Å². The highest BCUT2D eigenvalue weighted by atomic mass is 16.6. The van der Waals surface area contributed by atoms with Gasteiger partial charge in [0.2, 0.25) is 0 Å². The monoisotopic (exact) mass is 618 g/mol. The molecule has 2 atom stereocenters. The highest BCUT2D eigenvalue weighted by Gasteiger charge is 2.34. The number of rotatable bonds is 4. The molecule has 2 aliphatic rings. The number of hydrazone groups is 1. The summed E-state index contributed by atoms with van der Waals surface area (Å²) in [4.78, 5) is 15.6. The Morgan fingerprint density at radius 2 is 2.02 bits per heavy atom. The molecule has 0 aliphatic carbocycles. The van der Waals surface area contributed by atoms with Crippen LogP contribution in [0.1, 0.15) is 74.8 Å². The third-order valence-electron chi connectivity index (χ3n) is 8.35. The summed E-state index contributed by atoms with van der Waals surface area (Å²) in [6.45, 7) is 10.1. The van der Waals surface area contributed by atoms with Crippen molar-refractivity contribution in [3.63, 3.8) is 0 Å². The van der Waals surface area contributed by atoms with E-state index in [1.807, 2.05) is 52.0 Å². The van der Waals surface area contributed by atoms with Crippen LogP contribution in [0.25, 0.3) is 10.9 Å². The number of benzene rings is 2. The third-order valence-corrected chi connectivity index (χ3v) is 8.35. The molecule has 2 aliphatic heterocycles. The molecule has 5 N–H and O–H groups in total. The van der Waals surface area contributed by atoms with E-state index in [0.717, 1.165) is 76.9 Å². The Morgan fingerprint density at radius 1 is 1.20 bits per heavy atom.